The van der Waals surface area contributed by atoms with Crippen LogP contribution in [0.15, 0.2) is 24.7 Å². The number of anilines is 1. The SMILES string of the molecule is Cc1cc(F)cc2c(CCNc3ncncc3C(=O)O)c(C#N)sc12. The van der Waals surface area contributed by atoms with Gasteiger partial charge in [0.2, 0.25) is 0 Å². The number of benzene rings is 1. The first-order valence-corrected chi connectivity index (χ1v) is 8.21. The van der Waals surface area contributed by atoms with Gasteiger partial charge in [0.25, 0.3) is 0 Å². The smallest absolute Gasteiger partial charge is 0.341 e. The van der Waals surface area contributed by atoms with Gasteiger partial charge >= 0.3 is 5.97 Å². The van der Waals surface area contributed by atoms with Gasteiger partial charge in [0.05, 0.1) is 0 Å². The van der Waals surface area contributed by atoms with Crippen molar-refractivity contribution in [1.82, 2.24) is 9.97 Å². The molecule has 2 aromatic heterocycles. The first-order chi connectivity index (χ1) is 12.0. The van der Waals surface area contributed by atoms with E-state index in [2.05, 4.69) is 21.4 Å². The summed E-state index contributed by atoms with van der Waals surface area (Å²) in [6.45, 7) is 2.17. The molecule has 25 heavy (non-hydrogen) atoms. The third-order valence-electron chi connectivity index (χ3n) is 3.75. The molecule has 0 aliphatic rings. The van der Waals surface area contributed by atoms with E-state index < -0.39 is 5.97 Å². The molecule has 2 N–H and O–H groups in total. The van der Waals surface area contributed by atoms with Crippen LogP contribution in [0.25, 0.3) is 10.1 Å². The molecule has 2 heterocycles. The molecule has 0 fully saturated rings. The highest BCUT2D eigenvalue weighted by Crippen LogP contribution is 2.34. The molecule has 8 heteroatoms. The van der Waals surface area contributed by atoms with Crippen molar-refractivity contribution in [2.24, 2.45) is 0 Å². The molecule has 0 spiro atoms. The molecule has 6 nitrogen and oxygen atoms in total. The molecule has 0 saturated heterocycles. The van der Waals surface area contributed by atoms with Crippen molar-refractivity contribution in [2.75, 3.05) is 11.9 Å². The topological polar surface area (TPSA) is 98.9 Å². The van der Waals surface area contributed by atoms with E-state index in [1.54, 1.807) is 0 Å². The first-order valence-electron chi connectivity index (χ1n) is 7.40. The van der Waals surface area contributed by atoms with Gasteiger partial charge in [-0.05, 0) is 36.6 Å². The highest BCUT2D eigenvalue weighted by atomic mass is 32.1. The molecule has 0 radical (unpaired) electrons. The molecule has 1 aromatic carbocycles. The standard InChI is InChI=1S/C17H13FN4O2S/c1-9-4-10(18)5-12-11(14(6-19)25-15(9)12)2-3-21-16-13(17(23)24)7-20-8-22-16/h4-5,7-8H,2-3H2,1H3,(H,23,24)(H,20,21,22). The molecular formula is C17H13FN4O2S. The largest absolute Gasteiger partial charge is 0.477 e. The number of nitriles is 1. The van der Waals surface area contributed by atoms with E-state index in [1.165, 1.54) is 36.0 Å². The molecule has 0 aliphatic carbocycles. The van der Waals surface area contributed by atoms with Gasteiger partial charge in [0.1, 0.15) is 34.5 Å². The summed E-state index contributed by atoms with van der Waals surface area (Å²) in [5, 5.41) is 22.2. The zero-order valence-electron chi connectivity index (χ0n) is 13.2. The Hall–Kier alpha value is -3.05. The lowest BCUT2D eigenvalue weighted by atomic mass is 10.1. The minimum Gasteiger partial charge on any atom is -0.477 e. The number of halogens is 1. The Balaban J connectivity index is 1.87. The summed E-state index contributed by atoms with van der Waals surface area (Å²) in [6, 6.07) is 5.04. The maximum atomic E-state index is 13.7. The van der Waals surface area contributed by atoms with E-state index in [1.807, 2.05) is 6.92 Å². The predicted molar refractivity (Wildman–Crippen MR) is 92.4 cm³/mol. The molecule has 0 atom stereocenters. The number of aromatic carboxylic acids is 1. The second-order valence-corrected chi connectivity index (χ2v) is 6.41. The van der Waals surface area contributed by atoms with Crippen molar-refractivity contribution in [3.8, 4) is 6.07 Å². The number of thiophene rings is 1. The van der Waals surface area contributed by atoms with Crippen LogP contribution in [-0.2, 0) is 6.42 Å². The Labute approximate surface area is 146 Å². The number of carboxylic acids is 1. The molecule has 3 rings (SSSR count). The highest BCUT2D eigenvalue weighted by molar-refractivity contribution is 7.20. The molecule has 0 unspecified atom stereocenters. The Kier molecular flexibility index (Phi) is 4.59. The van der Waals surface area contributed by atoms with E-state index in [0.29, 0.717) is 17.8 Å². The third kappa shape index (κ3) is 3.27. The number of carbonyl (C=O) groups is 1. The Morgan fingerprint density at radius 2 is 2.28 bits per heavy atom. The van der Waals surface area contributed by atoms with Gasteiger partial charge in [-0.1, -0.05) is 0 Å². The van der Waals surface area contributed by atoms with E-state index >= 15 is 0 Å². The van der Waals surface area contributed by atoms with Crippen molar-refractivity contribution >= 4 is 33.2 Å². The van der Waals surface area contributed by atoms with Gasteiger partial charge in [-0.3, -0.25) is 0 Å². The summed E-state index contributed by atoms with van der Waals surface area (Å²) < 4.78 is 14.6. The normalized spacial score (nSPS) is 10.6. The molecule has 0 bridgehead atoms. The summed E-state index contributed by atoms with van der Waals surface area (Å²) in [5.41, 5.74) is 1.52. The first kappa shape index (κ1) is 16.8. The van der Waals surface area contributed by atoms with Crippen LogP contribution in [0.2, 0.25) is 0 Å². The second-order valence-electron chi connectivity index (χ2n) is 5.39. The number of aromatic nitrogens is 2. The fraction of sp³-hybridized carbons (Fsp3) is 0.176. The van der Waals surface area contributed by atoms with Crippen LogP contribution in [0, 0.1) is 24.1 Å². The van der Waals surface area contributed by atoms with Crippen molar-refractivity contribution < 1.29 is 14.3 Å². The maximum absolute atomic E-state index is 13.7. The minimum atomic E-state index is -1.13. The summed E-state index contributed by atoms with van der Waals surface area (Å²) in [7, 11) is 0. The lowest BCUT2D eigenvalue weighted by molar-refractivity contribution is 0.0697. The number of hydrogen-bond acceptors (Lipinski definition) is 6. The van der Waals surface area contributed by atoms with Crippen molar-refractivity contribution in [3.63, 3.8) is 0 Å². The summed E-state index contributed by atoms with van der Waals surface area (Å²) in [4.78, 5) is 19.3. The second kappa shape index (κ2) is 6.83. The Bertz CT molecular complexity index is 1010. The number of rotatable bonds is 5. The van der Waals surface area contributed by atoms with E-state index in [4.69, 9.17) is 5.11 Å². The Morgan fingerprint density at radius 1 is 1.48 bits per heavy atom. The predicted octanol–water partition coefficient (Wildman–Crippen LogP) is 3.36. The number of nitrogens with zero attached hydrogens (tertiary/aromatic N) is 3. The van der Waals surface area contributed by atoms with Crippen molar-refractivity contribution in [2.45, 2.75) is 13.3 Å². The van der Waals surface area contributed by atoms with Gasteiger partial charge in [0.15, 0.2) is 0 Å². The highest BCUT2D eigenvalue weighted by Gasteiger charge is 2.16. The number of hydrogen-bond donors (Lipinski definition) is 2. The van der Waals surface area contributed by atoms with Gasteiger partial charge in [-0.2, -0.15) is 5.26 Å². The van der Waals surface area contributed by atoms with Crippen LogP contribution < -0.4 is 5.32 Å². The third-order valence-corrected chi connectivity index (χ3v) is 5.04. The van der Waals surface area contributed by atoms with Gasteiger partial charge in [0, 0.05) is 22.8 Å². The van der Waals surface area contributed by atoms with Gasteiger partial charge in [-0.15, -0.1) is 11.3 Å². The van der Waals surface area contributed by atoms with Gasteiger partial charge in [-0.25, -0.2) is 19.2 Å². The van der Waals surface area contributed by atoms with Crippen molar-refractivity contribution in [1.29, 1.82) is 5.26 Å². The van der Waals surface area contributed by atoms with E-state index in [-0.39, 0.29) is 17.2 Å². The fourth-order valence-corrected chi connectivity index (χ4v) is 3.74. The zero-order valence-corrected chi connectivity index (χ0v) is 14.0. The van der Waals surface area contributed by atoms with Crippen LogP contribution in [0.1, 0.15) is 26.4 Å². The van der Waals surface area contributed by atoms with Crippen LogP contribution >= 0.6 is 11.3 Å². The van der Waals surface area contributed by atoms with Gasteiger partial charge < -0.3 is 10.4 Å². The molecule has 0 saturated carbocycles. The average molecular weight is 356 g/mol. The summed E-state index contributed by atoms with van der Waals surface area (Å²) in [5.74, 6) is -1.26. The van der Waals surface area contributed by atoms with Crippen LogP contribution in [0.5, 0.6) is 0 Å². The minimum absolute atomic E-state index is 0.0277. The summed E-state index contributed by atoms with van der Waals surface area (Å²) in [6.07, 6.45) is 2.92. The molecule has 126 valence electrons. The number of aryl methyl sites for hydroxylation is 1. The lowest BCUT2D eigenvalue weighted by Crippen LogP contribution is -2.11. The Morgan fingerprint density at radius 3 is 3.00 bits per heavy atom. The zero-order chi connectivity index (χ0) is 18.0. The average Bonchev–Trinajstić information content (AvgIpc) is 2.93. The molecule has 0 amide bonds. The fourth-order valence-electron chi connectivity index (χ4n) is 2.65. The number of carboxylic acid groups (broad SMARTS) is 1. The summed E-state index contributed by atoms with van der Waals surface area (Å²) >= 11 is 1.34. The monoisotopic (exact) mass is 356 g/mol. The molecule has 3 aromatic rings. The van der Waals surface area contributed by atoms with Crippen LogP contribution in [-0.4, -0.2) is 27.6 Å². The number of fused-ring (bicyclic) bond motifs is 1. The number of nitrogens with one attached hydrogen (secondary N) is 1. The van der Waals surface area contributed by atoms with Crippen LogP contribution in [0.4, 0.5) is 10.2 Å². The maximum Gasteiger partial charge on any atom is 0.341 e. The van der Waals surface area contributed by atoms with E-state index in [0.717, 1.165) is 21.2 Å². The van der Waals surface area contributed by atoms with E-state index in [9.17, 15) is 14.4 Å². The molecular weight excluding hydrogens is 343 g/mol. The van der Waals surface area contributed by atoms with Crippen molar-refractivity contribution in [3.05, 3.63) is 52.0 Å². The lowest BCUT2D eigenvalue weighted by Gasteiger charge is -2.08. The van der Waals surface area contributed by atoms with Crippen LogP contribution in [0.3, 0.4) is 0 Å². The molecule has 0 aliphatic heterocycles. The quantitative estimate of drug-likeness (QED) is 0.727.